The number of carbonyl (C=O) groups is 1. The average molecular weight is 434 g/mol. The lowest BCUT2D eigenvalue weighted by atomic mass is 10.1. The molecule has 0 spiro atoms. The first-order valence-electron chi connectivity index (χ1n) is 10.1. The number of methoxy groups -OCH3 is 1. The van der Waals surface area contributed by atoms with E-state index in [2.05, 4.69) is 19.9 Å². The maximum atomic E-state index is 12.9. The predicted octanol–water partition coefficient (Wildman–Crippen LogP) is 1.32. The number of nitrogens with one attached hydrogen (secondary N) is 1. The monoisotopic (exact) mass is 434 g/mol. The number of amides is 1. The van der Waals surface area contributed by atoms with E-state index in [0.29, 0.717) is 31.7 Å². The highest BCUT2D eigenvalue weighted by molar-refractivity contribution is 5.83. The van der Waals surface area contributed by atoms with Crippen molar-refractivity contribution < 1.29 is 14.6 Å². The number of fused-ring (bicyclic) bond motifs is 1. The van der Waals surface area contributed by atoms with Crippen LogP contribution in [-0.4, -0.2) is 64.2 Å². The smallest absolute Gasteiger partial charge is 0.258 e. The number of para-hydroxylation sites is 1. The Balaban J connectivity index is 1.43. The molecule has 32 heavy (non-hydrogen) atoms. The Kier molecular flexibility index (Phi) is 6.00. The molecule has 3 aromatic rings. The minimum Gasteiger partial charge on any atom is -0.506 e. The van der Waals surface area contributed by atoms with Crippen LogP contribution in [0.4, 0.5) is 5.82 Å². The van der Waals surface area contributed by atoms with Crippen LogP contribution < -0.4 is 10.5 Å². The third-order valence-electron chi connectivity index (χ3n) is 5.52. The van der Waals surface area contributed by atoms with Crippen molar-refractivity contribution in [2.75, 3.05) is 38.2 Å². The molecule has 1 aliphatic rings. The first-order valence-corrected chi connectivity index (χ1v) is 10.1. The van der Waals surface area contributed by atoms with Crippen LogP contribution in [0.5, 0.6) is 5.75 Å². The number of hydrogen-bond donors (Lipinski definition) is 2. The molecule has 2 N–H and O–H groups in total. The van der Waals surface area contributed by atoms with E-state index >= 15 is 0 Å². The van der Waals surface area contributed by atoms with E-state index in [1.807, 2.05) is 6.07 Å². The second-order valence-electron chi connectivity index (χ2n) is 7.44. The highest BCUT2D eigenvalue weighted by Gasteiger charge is 2.26. The Morgan fingerprint density at radius 3 is 2.72 bits per heavy atom. The number of phenolic OH excluding ortho intramolecular Hbond substituents is 1. The fourth-order valence-electron chi connectivity index (χ4n) is 3.72. The highest BCUT2D eigenvalue weighted by atomic mass is 16.5. The number of hydrogen-bond acceptors (Lipinski definition) is 8. The van der Waals surface area contributed by atoms with Gasteiger partial charge in [-0.3, -0.25) is 9.59 Å². The number of aromatic hydroxyl groups is 1. The lowest BCUT2D eigenvalue weighted by molar-refractivity contribution is -0.134. The zero-order valence-corrected chi connectivity index (χ0v) is 17.5. The van der Waals surface area contributed by atoms with Gasteiger partial charge in [0.05, 0.1) is 17.4 Å². The molecule has 10 nitrogen and oxygen atoms in total. The van der Waals surface area contributed by atoms with Crippen LogP contribution in [-0.2, 0) is 9.53 Å². The Morgan fingerprint density at radius 1 is 1.28 bits per heavy atom. The Labute approximate surface area is 183 Å². The summed E-state index contributed by atoms with van der Waals surface area (Å²) in [6.07, 6.45) is 0.788. The number of anilines is 1. The van der Waals surface area contributed by atoms with E-state index in [9.17, 15) is 14.7 Å². The maximum absolute atomic E-state index is 12.9. The average Bonchev–Trinajstić information content (AvgIpc) is 2.83. The minimum absolute atomic E-state index is 0.00760. The molecule has 1 fully saturated rings. The Morgan fingerprint density at radius 2 is 2.06 bits per heavy atom. The zero-order chi connectivity index (χ0) is 22.7. The molecule has 1 atom stereocenters. The summed E-state index contributed by atoms with van der Waals surface area (Å²) in [5, 5.41) is 19.2. The van der Waals surface area contributed by atoms with Gasteiger partial charge in [-0.2, -0.15) is 5.26 Å². The van der Waals surface area contributed by atoms with E-state index < -0.39 is 11.7 Å². The molecule has 1 aliphatic heterocycles. The van der Waals surface area contributed by atoms with Gasteiger partial charge in [0.15, 0.2) is 0 Å². The maximum Gasteiger partial charge on any atom is 0.258 e. The van der Waals surface area contributed by atoms with E-state index in [1.54, 1.807) is 29.2 Å². The van der Waals surface area contributed by atoms with Crippen molar-refractivity contribution in [3.05, 3.63) is 58.3 Å². The van der Waals surface area contributed by atoms with Gasteiger partial charge in [0.25, 0.3) is 5.56 Å². The number of piperazine rings is 1. The number of aromatic nitrogens is 3. The van der Waals surface area contributed by atoms with Crippen LogP contribution in [0.3, 0.4) is 0 Å². The second-order valence-corrected chi connectivity index (χ2v) is 7.44. The van der Waals surface area contributed by atoms with Crippen LogP contribution in [0.2, 0.25) is 0 Å². The Hall–Kier alpha value is -3.97. The standard InChI is InChI=1S/C22H22N6O4/c1-32-17(21-25-20-15(22(31)26-21)3-2-4-16(20)29)11-19(30)28-9-7-27(8-10-28)18-6-5-14(12-23)13-24-18/h2-6,13,17,29H,7-11H2,1H3,(H,25,26,31). The summed E-state index contributed by atoms with van der Waals surface area (Å²) in [6.45, 7) is 2.25. The largest absolute Gasteiger partial charge is 0.506 e. The van der Waals surface area contributed by atoms with Gasteiger partial charge >= 0.3 is 0 Å². The van der Waals surface area contributed by atoms with Crippen molar-refractivity contribution in [1.29, 1.82) is 5.26 Å². The lowest BCUT2D eigenvalue weighted by Gasteiger charge is -2.35. The van der Waals surface area contributed by atoms with Crippen molar-refractivity contribution in [1.82, 2.24) is 19.9 Å². The number of benzene rings is 1. The number of aromatic amines is 1. The summed E-state index contributed by atoms with van der Waals surface area (Å²) in [7, 11) is 1.45. The first-order chi connectivity index (χ1) is 15.5. The number of ether oxygens (including phenoxy) is 1. The van der Waals surface area contributed by atoms with Gasteiger partial charge in [0.2, 0.25) is 5.91 Å². The SMILES string of the molecule is COC(CC(=O)N1CCN(c2ccc(C#N)cn2)CC1)c1nc2c(O)cccc2c(=O)[nH]1. The van der Waals surface area contributed by atoms with Gasteiger partial charge < -0.3 is 24.6 Å². The van der Waals surface area contributed by atoms with E-state index in [4.69, 9.17) is 10.00 Å². The summed E-state index contributed by atoms with van der Waals surface area (Å²) in [5.41, 5.74) is 0.269. The summed E-state index contributed by atoms with van der Waals surface area (Å²) in [4.78, 5) is 40.4. The molecule has 0 saturated carbocycles. The fraction of sp³-hybridized carbons (Fsp3) is 0.318. The topological polar surface area (TPSA) is 135 Å². The quantitative estimate of drug-likeness (QED) is 0.614. The summed E-state index contributed by atoms with van der Waals surface area (Å²) in [5.74, 6) is 0.733. The van der Waals surface area contributed by atoms with Crippen molar-refractivity contribution in [3.8, 4) is 11.8 Å². The lowest BCUT2D eigenvalue weighted by Crippen LogP contribution is -2.49. The molecule has 164 valence electrons. The number of carbonyl (C=O) groups excluding carboxylic acids is 1. The molecule has 1 unspecified atom stereocenters. The number of rotatable bonds is 5. The van der Waals surface area contributed by atoms with Crippen LogP contribution in [0.1, 0.15) is 23.9 Å². The first kappa shape index (κ1) is 21.3. The number of nitrogens with zero attached hydrogens (tertiary/aromatic N) is 5. The fourth-order valence-corrected chi connectivity index (χ4v) is 3.72. The summed E-state index contributed by atoms with van der Waals surface area (Å²) in [6, 6.07) is 10.2. The second kappa shape index (κ2) is 9.03. The van der Waals surface area contributed by atoms with Crippen molar-refractivity contribution >= 4 is 22.6 Å². The molecule has 3 heterocycles. The van der Waals surface area contributed by atoms with Crippen molar-refractivity contribution in [2.45, 2.75) is 12.5 Å². The van der Waals surface area contributed by atoms with E-state index in [1.165, 1.54) is 19.4 Å². The molecular formula is C22H22N6O4. The van der Waals surface area contributed by atoms with Crippen LogP contribution >= 0.6 is 0 Å². The molecule has 0 aliphatic carbocycles. The summed E-state index contributed by atoms with van der Waals surface area (Å²) < 4.78 is 5.45. The van der Waals surface area contributed by atoms with Gasteiger partial charge in [-0.15, -0.1) is 0 Å². The normalized spacial score (nSPS) is 14.9. The van der Waals surface area contributed by atoms with Crippen molar-refractivity contribution in [3.63, 3.8) is 0 Å². The van der Waals surface area contributed by atoms with Gasteiger partial charge in [-0.05, 0) is 24.3 Å². The molecule has 0 radical (unpaired) electrons. The molecule has 1 aromatic carbocycles. The molecule has 1 saturated heterocycles. The van der Waals surface area contributed by atoms with Crippen LogP contribution in [0.15, 0.2) is 41.3 Å². The molecular weight excluding hydrogens is 412 g/mol. The minimum atomic E-state index is -0.752. The predicted molar refractivity (Wildman–Crippen MR) is 116 cm³/mol. The highest BCUT2D eigenvalue weighted by Crippen LogP contribution is 2.24. The van der Waals surface area contributed by atoms with Gasteiger partial charge in [0, 0.05) is 39.5 Å². The molecule has 2 aromatic heterocycles. The number of nitriles is 1. The van der Waals surface area contributed by atoms with Crippen LogP contribution in [0, 0.1) is 11.3 Å². The van der Waals surface area contributed by atoms with Gasteiger partial charge in [-0.25, -0.2) is 9.97 Å². The molecule has 0 bridgehead atoms. The zero-order valence-electron chi connectivity index (χ0n) is 17.5. The third kappa shape index (κ3) is 4.24. The molecule has 1 amide bonds. The van der Waals surface area contributed by atoms with Gasteiger partial charge in [-0.1, -0.05) is 6.07 Å². The number of pyridine rings is 1. The molecule has 4 rings (SSSR count). The molecule has 10 heteroatoms. The third-order valence-corrected chi connectivity index (χ3v) is 5.52. The van der Waals surface area contributed by atoms with Crippen molar-refractivity contribution in [2.24, 2.45) is 0 Å². The Bertz CT molecular complexity index is 1230. The number of H-pyrrole nitrogens is 1. The number of phenols is 1. The van der Waals surface area contributed by atoms with Crippen LogP contribution in [0.25, 0.3) is 10.9 Å². The van der Waals surface area contributed by atoms with Gasteiger partial charge in [0.1, 0.15) is 35.1 Å². The van der Waals surface area contributed by atoms with E-state index in [0.717, 1.165) is 5.82 Å². The van der Waals surface area contributed by atoms with E-state index in [-0.39, 0.29) is 34.8 Å². The summed E-state index contributed by atoms with van der Waals surface area (Å²) >= 11 is 0.